The van der Waals surface area contributed by atoms with E-state index < -0.39 is 9.84 Å². The number of nitrogens with one attached hydrogen (secondary N) is 1. The summed E-state index contributed by atoms with van der Waals surface area (Å²) in [4.78, 5) is 4.80. The summed E-state index contributed by atoms with van der Waals surface area (Å²) in [7, 11) is -3.89. The maximum absolute atomic E-state index is 13.3. The van der Waals surface area contributed by atoms with Crippen molar-refractivity contribution in [3.63, 3.8) is 0 Å². The van der Waals surface area contributed by atoms with Crippen LogP contribution in [0.4, 0.5) is 5.82 Å². The van der Waals surface area contributed by atoms with Gasteiger partial charge in [0.05, 0.1) is 10.4 Å². The van der Waals surface area contributed by atoms with E-state index >= 15 is 0 Å². The standard InChI is InChI=1S/C24H20ClN5O2S/c1-16-6-12-19(13-7-16)33(31,32)24-23-27-22(26-15-14-17-8-10-18(25)11-9-17)20-4-2-3-5-21(20)30(23)29-28-24/h2-13H,14-15H2,1H3,(H,26,27). The Kier molecular flexibility index (Phi) is 5.47. The second-order valence-electron chi connectivity index (χ2n) is 7.73. The Morgan fingerprint density at radius 2 is 1.70 bits per heavy atom. The minimum absolute atomic E-state index is 0.155. The van der Waals surface area contributed by atoms with Gasteiger partial charge in [-0.2, -0.15) is 4.52 Å². The molecule has 166 valence electrons. The molecular weight excluding hydrogens is 458 g/mol. The Bertz CT molecular complexity index is 1560. The van der Waals surface area contributed by atoms with Crippen LogP contribution in [0.2, 0.25) is 5.02 Å². The molecule has 0 aliphatic carbocycles. The molecule has 2 heterocycles. The largest absolute Gasteiger partial charge is 0.369 e. The van der Waals surface area contributed by atoms with E-state index in [9.17, 15) is 8.42 Å². The van der Waals surface area contributed by atoms with Gasteiger partial charge >= 0.3 is 0 Å². The molecule has 2 aromatic heterocycles. The first-order valence-electron chi connectivity index (χ1n) is 10.4. The van der Waals surface area contributed by atoms with E-state index in [0.717, 1.165) is 22.9 Å². The molecule has 0 aliphatic rings. The molecule has 7 nitrogen and oxygen atoms in total. The monoisotopic (exact) mass is 477 g/mol. The van der Waals surface area contributed by atoms with Gasteiger partial charge in [0.15, 0.2) is 5.65 Å². The van der Waals surface area contributed by atoms with Crippen LogP contribution in [-0.2, 0) is 16.3 Å². The summed E-state index contributed by atoms with van der Waals surface area (Å²) in [6.07, 6.45) is 0.754. The zero-order chi connectivity index (χ0) is 23.0. The lowest BCUT2D eigenvalue weighted by molar-refractivity contribution is 0.592. The highest BCUT2D eigenvalue weighted by atomic mass is 35.5. The van der Waals surface area contributed by atoms with Crippen LogP contribution in [0.15, 0.2) is 82.7 Å². The molecule has 33 heavy (non-hydrogen) atoms. The Hall–Kier alpha value is -3.49. The van der Waals surface area contributed by atoms with Crippen molar-refractivity contribution >= 4 is 43.8 Å². The quantitative estimate of drug-likeness (QED) is 0.380. The SMILES string of the molecule is Cc1ccc(S(=O)(=O)c2nnn3c2nc(NCCc2ccc(Cl)cc2)c2ccccc23)cc1. The molecule has 0 atom stereocenters. The zero-order valence-corrected chi connectivity index (χ0v) is 19.3. The minimum atomic E-state index is -3.89. The second kappa shape index (κ2) is 8.46. The predicted molar refractivity (Wildman–Crippen MR) is 129 cm³/mol. The molecular formula is C24H20ClN5O2S. The predicted octanol–water partition coefficient (Wildman–Crippen LogP) is 4.73. The van der Waals surface area contributed by atoms with Crippen molar-refractivity contribution in [1.82, 2.24) is 19.8 Å². The third-order valence-electron chi connectivity index (χ3n) is 5.43. The Morgan fingerprint density at radius 1 is 0.970 bits per heavy atom. The van der Waals surface area contributed by atoms with Crippen molar-refractivity contribution in [2.75, 3.05) is 11.9 Å². The summed E-state index contributed by atoms with van der Waals surface area (Å²) in [6, 6.07) is 21.9. The first kappa shape index (κ1) is 21.4. The van der Waals surface area contributed by atoms with Crippen LogP contribution in [0.3, 0.4) is 0 Å². The lowest BCUT2D eigenvalue weighted by atomic mass is 10.1. The number of halogens is 1. The van der Waals surface area contributed by atoms with Crippen LogP contribution in [0.5, 0.6) is 0 Å². The van der Waals surface area contributed by atoms with E-state index in [0.29, 0.717) is 22.9 Å². The maximum Gasteiger partial charge on any atom is 0.229 e. The highest BCUT2D eigenvalue weighted by Gasteiger charge is 2.27. The second-order valence-corrected chi connectivity index (χ2v) is 10.0. The molecule has 0 bridgehead atoms. The van der Waals surface area contributed by atoms with E-state index in [2.05, 4.69) is 20.6 Å². The summed E-state index contributed by atoms with van der Waals surface area (Å²) in [5.41, 5.74) is 3.00. The molecule has 5 aromatic rings. The van der Waals surface area contributed by atoms with Gasteiger partial charge in [0.2, 0.25) is 14.9 Å². The number of hydrogen-bond acceptors (Lipinski definition) is 6. The zero-order valence-electron chi connectivity index (χ0n) is 17.7. The number of fused-ring (bicyclic) bond motifs is 3. The number of nitrogens with zero attached hydrogens (tertiary/aromatic N) is 4. The smallest absolute Gasteiger partial charge is 0.229 e. The van der Waals surface area contributed by atoms with Gasteiger partial charge in [-0.1, -0.05) is 58.8 Å². The molecule has 0 amide bonds. The van der Waals surface area contributed by atoms with Crippen molar-refractivity contribution in [2.24, 2.45) is 0 Å². The minimum Gasteiger partial charge on any atom is -0.369 e. The van der Waals surface area contributed by atoms with Crippen molar-refractivity contribution in [1.29, 1.82) is 0 Å². The lowest BCUT2D eigenvalue weighted by Crippen LogP contribution is -2.09. The molecule has 0 saturated carbocycles. The molecule has 0 spiro atoms. The fourth-order valence-corrected chi connectivity index (χ4v) is 5.02. The highest BCUT2D eigenvalue weighted by molar-refractivity contribution is 7.91. The van der Waals surface area contributed by atoms with Gasteiger partial charge in [0.1, 0.15) is 5.82 Å². The number of sulfone groups is 1. The van der Waals surface area contributed by atoms with Crippen LogP contribution in [0.25, 0.3) is 16.6 Å². The van der Waals surface area contributed by atoms with E-state index in [1.165, 1.54) is 4.52 Å². The van der Waals surface area contributed by atoms with Gasteiger partial charge in [-0.3, -0.25) is 0 Å². The summed E-state index contributed by atoms with van der Waals surface area (Å²) in [6.45, 7) is 2.51. The van der Waals surface area contributed by atoms with Crippen molar-refractivity contribution in [2.45, 2.75) is 23.3 Å². The first-order valence-corrected chi connectivity index (χ1v) is 12.2. The summed E-state index contributed by atoms with van der Waals surface area (Å²) < 4.78 is 28.1. The van der Waals surface area contributed by atoms with E-state index in [1.807, 2.05) is 55.5 Å². The number of benzene rings is 3. The van der Waals surface area contributed by atoms with Crippen molar-refractivity contribution < 1.29 is 8.42 Å². The van der Waals surface area contributed by atoms with Gasteiger partial charge in [-0.15, -0.1) is 5.10 Å². The van der Waals surface area contributed by atoms with Crippen LogP contribution in [0, 0.1) is 6.92 Å². The highest BCUT2D eigenvalue weighted by Crippen LogP contribution is 2.28. The van der Waals surface area contributed by atoms with Crippen LogP contribution < -0.4 is 5.32 Å². The molecule has 0 saturated heterocycles. The third kappa shape index (κ3) is 4.03. The van der Waals surface area contributed by atoms with E-state index in [1.54, 1.807) is 24.3 Å². The average molecular weight is 478 g/mol. The molecule has 0 unspecified atom stereocenters. The molecule has 1 N–H and O–H groups in total. The summed E-state index contributed by atoms with van der Waals surface area (Å²) >= 11 is 5.97. The lowest BCUT2D eigenvalue weighted by Gasteiger charge is -2.11. The van der Waals surface area contributed by atoms with Gasteiger partial charge in [0, 0.05) is 17.0 Å². The first-order chi connectivity index (χ1) is 15.9. The molecule has 9 heteroatoms. The molecule has 5 rings (SSSR count). The van der Waals surface area contributed by atoms with Crippen LogP contribution >= 0.6 is 11.6 Å². The summed E-state index contributed by atoms with van der Waals surface area (Å²) in [5, 5.41) is 12.8. The number of aromatic nitrogens is 4. The normalized spacial score (nSPS) is 11.8. The van der Waals surface area contributed by atoms with Gasteiger partial charge in [0.25, 0.3) is 0 Å². The number of hydrogen-bond donors (Lipinski definition) is 1. The van der Waals surface area contributed by atoms with Crippen LogP contribution in [0.1, 0.15) is 11.1 Å². The Balaban J connectivity index is 1.56. The third-order valence-corrected chi connectivity index (χ3v) is 7.35. The fraction of sp³-hybridized carbons (Fsp3) is 0.125. The molecule has 0 aliphatic heterocycles. The topological polar surface area (TPSA) is 89.2 Å². The van der Waals surface area contributed by atoms with Crippen molar-refractivity contribution in [3.8, 4) is 0 Å². The fourth-order valence-electron chi connectivity index (χ4n) is 3.66. The Morgan fingerprint density at radius 3 is 2.45 bits per heavy atom. The maximum atomic E-state index is 13.3. The number of aryl methyl sites for hydroxylation is 1. The van der Waals surface area contributed by atoms with E-state index in [4.69, 9.17) is 11.6 Å². The number of anilines is 1. The van der Waals surface area contributed by atoms with Crippen LogP contribution in [-0.4, -0.2) is 34.8 Å². The molecule has 3 aromatic carbocycles. The molecule has 0 radical (unpaired) electrons. The van der Waals surface area contributed by atoms with Gasteiger partial charge in [-0.25, -0.2) is 13.4 Å². The average Bonchev–Trinajstić information content (AvgIpc) is 3.26. The van der Waals surface area contributed by atoms with Gasteiger partial charge in [-0.05, 0) is 55.3 Å². The summed E-state index contributed by atoms with van der Waals surface area (Å²) in [5.74, 6) is 0.578. The Labute approximate surface area is 196 Å². The molecule has 0 fully saturated rings. The number of rotatable bonds is 6. The van der Waals surface area contributed by atoms with E-state index in [-0.39, 0.29) is 15.6 Å². The van der Waals surface area contributed by atoms with Gasteiger partial charge < -0.3 is 5.32 Å². The van der Waals surface area contributed by atoms with Crippen molar-refractivity contribution in [3.05, 3.63) is 88.9 Å². The number of para-hydroxylation sites is 1.